The number of fused-ring (bicyclic) bond motifs is 2. The van der Waals surface area contributed by atoms with Crippen LogP contribution in [-0.4, -0.2) is 89.4 Å². The van der Waals surface area contributed by atoms with Gasteiger partial charge in [-0.15, -0.1) is 0 Å². The number of aromatic nitrogens is 3. The van der Waals surface area contributed by atoms with E-state index in [1.807, 2.05) is 12.1 Å². The van der Waals surface area contributed by atoms with Crippen molar-refractivity contribution >= 4 is 33.7 Å². The summed E-state index contributed by atoms with van der Waals surface area (Å²) in [6, 6.07) is 16.4. The number of aliphatic carboxylic acids is 1. The summed E-state index contributed by atoms with van der Waals surface area (Å²) in [5, 5.41) is 56.5. The second-order valence-corrected chi connectivity index (χ2v) is 11.6. The zero-order valence-electron chi connectivity index (χ0n) is 24.2. The van der Waals surface area contributed by atoms with Crippen molar-refractivity contribution in [1.29, 1.82) is 0 Å². The predicted molar refractivity (Wildman–Crippen MR) is 161 cm³/mol. The summed E-state index contributed by atoms with van der Waals surface area (Å²) in [7, 11) is 0. The highest BCUT2D eigenvalue weighted by Gasteiger charge is 2.48. The summed E-state index contributed by atoms with van der Waals surface area (Å²) < 4.78 is 28.7. The van der Waals surface area contributed by atoms with Gasteiger partial charge in [0, 0.05) is 46.8 Å². The number of aliphatic hydroxyl groups excluding tert-OH is 3. The molecule has 1 unspecified atom stereocenters. The van der Waals surface area contributed by atoms with Crippen molar-refractivity contribution in [2.45, 2.75) is 49.4 Å². The topological polar surface area (TPSA) is 176 Å². The maximum absolute atomic E-state index is 14.1. The van der Waals surface area contributed by atoms with Gasteiger partial charge < -0.3 is 39.6 Å². The summed E-state index contributed by atoms with van der Waals surface area (Å²) in [6.45, 7) is 1.08. The molecule has 0 saturated carbocycles. The summed E-state index contributed by atoms with van der Waals surface area (Å²) in [4.78, 5) is 23.5. The molecule has 12 nitrogen and oxygen atoms in total. The van der Waals surface area contributed by atoms with Crippen LogP contribution in [0.4, 0.5) is 4.39 Å². The van der Waals surface area contributed by atoms with Gasteiger partial charge in [-0.3, -0.25) is 0 Å². The number of hydrogen-bond acceptors (Lipinski definition) is 8. The van der Waals surface area contributed by atoms with Crippen LogP contribution in [0, 0.1) is 5.82 Å². The highest BCUT2D eigenvalue weighted by Crippen LogP contribution is 2.45. The number of ether oxygens (including phenoxy) is 2. The highest BCUT2D eigenvalue weighted by molar-refractivity contribution is 6.06. The molecule has 5 atom stereocenters. The van der Waals surface area contributed by atoms with Crippen molar-refractivity contribution in [2.24, 2.45) is 0 Å². The van der Waals surface area contributed by atoms with Crippen LogP contribution in [0.15, 0.2) is 66.9 Å². The first-order valence-electron chi connectivity index (χ1n) is 14.8. The quantitative estimate of drug-likeness (QED) is 0.187. The van der Waals surface area contributed by atoms with Crippen molar-refractivity contribution in [1.82, 2.24) is 14.3 Å². The van der Waals surface area contributed by atoms with Crippen LogP contribution >= 0.6 is 0 Å². The zero-order valence-corrected chi connectivity index (χ0v) is 24.2. The van der Waals surface area contributed by atoms with Crippen LogP contribution < -0.4 is 0 Å². The van der Waals surface area contributed by atoms with E-state index in [4.69, 9.17) is 9.47 Å². The monoisotopic (exact) mass is 631 g/mol. The molecule has 7 rings (SSSR count). The number of carbonyl (C=O) groups is 2. The molecule has 0 aliphatic carbocycles. The van der Waals surface area contributed by atoms with Crippen molar-refractivity contribution in [3.63, 3.8) is 0 Å². The molecule has 5 aromatic rings. The third-order valence-electron chi connectivity index (χ3n) is 8.91. The molecule has 238 valence electrons. The van der Waals surface area contributed by atoms with E-state index >= 15 is 0 Å². The van der Waals surface area contributed by atoms with Crippen LogP contribution in [0.25, 0.3) is 38.6 Å². The predicted octanol–water partition coefficient (Wildman–Crippen LogP) is 3.44. The number of carboxylic acid groups (broad SMARTS) is 2. The van der Waals surface area contributed by atoms with E-state index in [0.717, 1.165) is 27.7 Å². The van der Waals surface area contributed by atoms with Crippen LogP contribution in [-0.2, 0) is 14.3 Å². The zero-order chi connectivity index (χ0) is 32.3. The minimum Gasteiger partial charge on any atom is -0.479 e. The molecule has 4 heterocycles. The van der Waals surface area contributed by atoms with E-state index in [0.29, 0.717) is 42.6 Å². The van der Waals surface area contributed by atoms with E-state index < -0.39 is 42.6 Å². The van der Waals surface area contributed by atoms with Crippen LogP contribution in [0.2, 0.25) is 0 Å². The average Bonchev–Trinajstić information content (AvgIpc) is 3.62. The first kappa shape index (κ1) is 30.0. The van der Waals surface area contributed by atoms with Gasteiger partial charge in [0.2, 0.25) is 0 Å². The molecule has 13 heteroatoms. The Bertz CT molecular complexity index is 1950. The first-order chi connectivity index (χ1) is 22.1. The number of benzene rings is 3. The Balaban J connectivity index is 1.51. The molecule has 0 radical (unpaired) electrons. The van der Waals surface area contributed by atoms with Gasteiger partial charge in [0.15, 0.2) is 12.3 Å². The number of hydrogen-bond donors (Lipinski definition) is 5. The molecule has 5 N–H and O–H groups in total. The molecule has 0 amide bonds. The van der Waals surface area contributed by atoms with Crippen molar-refractivity contribution in [3.8, 4) is 16.8 Å². The first-order valence-corrected chi connectivity index (χ1v) is 14.8. The van der Waals surface area contributed by atoms with Crippen molar-refractivity contribution < 1.29 is 49.0 Å². The summed E-state index contributed by atoms with van der Waals surface area (Å²) in [5.41, 5.74) is 4.50. The van der Waals surface area contributed by atoms with Gasteiger partial charge in [0.05, 0.1) is 22.8 Å². The van der Waals surface area contributed by atoms with Crippen molar-refractivity contribution in [3.05, 3.63) is 83.9 Å². The Morgan fingerprint density at radius 3 is 2.22 bits per heavy atom. The summed E-state index contributed by atoms with van der Waals surface area (Å²) >= 11 is 0. The molecule has 3 aromatic carbocycles. The molecule has 2 saturated heterocycles. The SMILES string of the molecule is O=C(O)c1ccc(-c2c(C3CCOCC3)n(-c3ccc(F)cc3)c3cc4cnn(C5O[C@H](C(=O)O)[C@@H](O)[C@H](O)[C@H]5O)c4cc23)cc1. The van der Waals surface area contributed by atoms with E-state index in [1.165, 1.54) is 35.1 Å². The van der Waals surface area contributed by atoms with Gasteiger partial charge in [-0.2, -0.15) is 5.10 Å². The fourth-order valence-electron chi connectivity index (χ4n) is 6.63. The second kappa shape index (κ2) is 11.6. The Morgan fingerprint density at radius 2 is 1.57 bits per heavy atom. The van der Waals surface area contributed by atoms with Crippen LogP contribution in [0.3, 0.4) is 0 Å². The lowest BCUT2D eigenvalue weighted by Gasteiger charge is -2.38. The van der Waals surface area contributed by atoms with E-state index in [9.17, 15) is 39.5 Å². The number of aromatic carboxylic acids is 1. The highest BCUT2D eigenvalue weighted by atomic mass is 19.1. The van der Waals surface area contributed by atoms with Gasteiger partial charge in [0.25, 0.3) is 0 Å². The van der Waals surface area contributed by atoms with Crippen LogP contribution in [0.1, 0.15) is 41.0 Å². The molecule has 0 bridgehead atoms. The Morgan fingerprint density at radius 1 is 0.870 bits per heavy atom. The number of halogens is 1. The molecule has 46 heavy (non-hydrogen) atoms. The van der Waals surface area contributed by atoms with Gasteiger partial charge >= 0.3 is 11.9 Å². The number of aliphatic hydroxyl groups is 3. The third-order valence-corrected chi connectivity index (χ3v) is 8.91. The lowest BCUT2D eigenvalue weighted by atomic mass is 9.89. The van der Waals surface area contributed by atoms with Gasteiger partial charge in [0.1, 0.15) is 24.1 Å². The Hall–Kier alpha value is -4.66. The lowest BCUT2D eigenvalue weighted by Crippen LogP contribution is -2.57. The minimum atomic E-state index is -1.86. The maximum atomic E-state index is 14.1. The number of carboxylic acids is 2. The van der Waals surface area contributed by atoms with Crippen LogP contribution in [0.5, 0.6) is 0 Å². The maximum Gasteiger partial charge on any atom is 0.335 e. The smallest absolute Gasteiger partial charge is 0.335 e. The number of rotatable bonds is 6. The summed E-state index contributed by atoms with van der Waals surface area (Å²) in [5.74, 6) is -2.93. The molecular formula is C33H30FN3O9. The van der Waals surface area contributed by atoms with Gasteiger partial charge in [-0.25, -0.2) is 18.7 Å². The standard InChI is InChI=1S/C33H30FN3O9/c34-20-5-7-21(8-6-20)36-24-13-19-15-35-37(31-29(40)27(38)28(39)30(46-31)33(43)44)23(19)14-22(24)25(26(36)17-9-11-45-12-10-17)16-1-3-18(4-2-16)32(41)42/h1-8,13-15,17,27-31,38-40H,9-12H2,(H,41,42)(H,43,44)/t27-,28-,29+,30-,31?/m0/s1. The van der Waals surface area contributed by atoms with E-state index in [1.54, 1.807) is 24.3 Å². The summed E-state index contributed by atoms with van der Waals surface area (Å²) in [6.07, 6.45) is -5.68. The normalized spacial score (nSPS) is 24.0. The van der Waals surface area contributed by atoms with Crippen molar-refractivity contribution in [2.75, 3.05) is 13.2 Å². The molecule has 2 fully saturated rings. The minimum absolute atomic E-state index is 0.0245. The molecular weight excluding hydrogens is 601 g/mol. The fourth-order valence-corrected chi connectivity index (χ4v) is 6.63. The van der Waals surface area contributed by atoms with Gasteiger partial charge in [-0.05, 0) is 66.9 Å². The molecule has 2 aromatic heterocycles. The average molecular weight is 632 g/mol. The largest absolute Gasteiger partial charge is 0.479 e. The molecule has 2 aliphatic heterocycles. The Labute approximate surface area is 260 Å². The Kier molecular flexibility index (Phi) is 7.57. The molecule has 2 aliphatic rings. The number of nitrogens with zero attached hydrogens (tertiary/aromatic N) is 3. The van der Waals surface area contributed by atoms with E-state index in [-0.39, 0.29) is 17.3 Å². The molecule has 0 spiro atoms. The van der Waals surface area contributed by atoms with E-state index in [2.05, 4.69) is 9.67 Å². The lowest BCUT2D eigenvalue weighted by molar-refractivity contribution is -0.248. The third kappa shape index (κ3) is 4.93. The second-order valence-electron chi connectivity index (χ2n) is 11.6. The fraction of sp³-hybridized carbons (Fsp3) is 0.303. The van der Waals surface area contributed by atoms with Gasteiger partial charge in [-0.1, -0.05) is 12.1 Å².